The number of methoxy groups -OCH3 is 1. The average Bonchev–Trinajstić information content (AvgIpc) is 2.77. The molecule has 1 aromatic carbocycles. The minimum absolute atomic E-state index is 0.109. The van der Waals surface area contributed by atoms with Crippen molar-refractivity contribution in [2.75, 3.05) is 13.7 Å². The van der Waals surface area contributed by atoms with E-state index in [4.69, 9.17) is 9.47 Å². The number of ether oxygens (including phenoxy) is 2. The largest absolute Gasteiger partial charge is 0.467 e. The SMILES string of the molecule is C=CCCCCCC[C@H](NC(=O)C[C@H](O)CNC(=O)OCc1ccccc1)C(=O)OC. The number of rotatable bonds is 15. The van der Waals surface area contributed by atoms with Crippen molar-refractivity contribution in [2.45, 2.75) is 63.7 Å². The number of nitrogens with one attached hydrogen (secondary N) is 2. The molecule has 8 heteroatoms. The van der Waals surface area contributed by atoms with Crippen LogP contribution in [0.3, 0.4) is 0 Å². The van der Waals surface area contributed by atoms with E-state index in [1.54, 1.807) is 0 Å². The maximum atomic E-state index is 12.2. The second-order valence-electron chi connectivity index (χ2n) is 7.22. The summed E-state index contributed by atoms with van der Waals surface area (Å²) < 4.78 is 9.80. The summed E-state index contributed by atoms with van der Waals surface area (Å²) in [6.07, 6.45) is 5.03. The van der Waals surface area contributed by atoms with Crippen LogP contribution in [0.2, 0.25) is 0 Å². The number of unbranched alkanes of at least 4 members (excludes halogenated alkanes) is 4. The fraction of sp³-hybridized carbons (Fsp3) is 0.522. The van der Waals surface area contributed by atoms with Crippen molar-refractivity contribution in [3.05, 3.63) is 48.6 Å². The van der Waals surface area contributed by atoms with Crippen molar-refractivity contribution in [3.8, 4) is 0 Å². The summed E-state index contributed by atoms with van der Waals surface area (Å²) in [4.78, 5) is 35.8. The highest BCUT2D eigenvalue weighted by molar-refractivity contribution is 5.84. The Balaban J connectivity index is 2.30. The minimum atomic E-state index is -1.11. The number of aliphatic hydroxyl groups excluding tert-OH is 1. The fourth-order valence-electron chi connectivity index (χ4n) is 2.90. The van der Waals surface area contributed by atoms with Gasteiger partial charge in [-0.05, 0) is 24.8 Å². The highest BCUT2D eigenvalue weighted by Crippen LogP contribution is 2.09. The molecule has 0 heterocycles. The van der Waals surface area contributed by atoms with Gasteiger partial charge in [0.25, 0.3) is 0 Å². The normalized spacial score (nSPS) is 12.3. The van der Waals surface area contributed by atoms with E-state index in [0.29, 0.717) is 6.42 Å². The molecule has 1 aromatic rings. The van der Waals surface area contributed by atoms with E-state index in [1.807, 2.05) is 36.4 Å². The topological polar surface area (TPSA) is 114 Å². The number of alkyl carbamates (subject to hydrolysis) is 1. The van der Waals surface area contributed by atoms with Crippen LogP contribution in [0.5, 0.6) is 0 Å². The first-order valence-corrected chi connectivity index (χ1v) is 10.6. The molecule has 0 spiro atoms. The van der Waals surface area contributed by atoms with E-state index < -0.39 is 30.1 Å². The van der Waals surface area contributed by atoms with E-state index in [2.05, 4.69) is 17.2 Å². The third-order valence-electron chi connectivity index (χ3n) is 4.59. The van der Waals surface area contributed by atoms with Crippen molar-refractivity contribution >= 4 is 18.0 Å². The summed E-state index contributed by atoms with van der Waals surface area (Å²) >= 11 is 0. The molecular weight excluding hydrogens is 400 g/mol. The first-order chi connectivity index (χ1) is 15.0. The van der Waals surface area contributed by atoms with Crippen LogP contribution in [0, 0.1) is 0 Å². The van der Waals surface area contributed by atoms with Crippen molar-refractivity contribution in [3.63, 3.8) is 0 Å². The molecule has 8 nitrogen and oxygen atoms in total. The van der Waals surface area contributed by atoms with Gasteiger partial charge in [-0.3, -0.25) is 4.79 Å². The third-order valence-corrected chi connectivity index (χ3v) is 4.59. The van der Waals surface area contributed by atoms with Gasteiger partial charge in [0, 0.05) is 6.54 Å². The Bertz CT molecular complexity index is 680. The predicted molar refractivity (Wildman–Crippen MR) is 117 cm³/mol. The lowest BCUT2D eigenvalue weighted by atomic mass is 10.1. The summed E-state index contributed by atoms with van der Waals surface area (Å²) in [6.45, 7) is 3.65. The zero-order valence-corrected chi connectivity index (χ0v) is 18.2. The quantitative estimate of drug-likeness (QED) is 0.222. The summed E-state index contributed by atoms with van der Waals surface area (Å²) in [7, 11) is 1.27. The molecule has 0 aromatic heterocycles. The number of hydrogen-bond donors (Lipinski definition) is 3. The number of carbonyl (C=O) groups is 3. The number of benzene rings is 1. The lowest BCUT2D eigenvalue weighted by molar-refractivity contribution is -0.145. The molecule has 0 radical (unpaired) electrons. The molecule has 0 saturated carbocycles. The lowest BCUT2D eigenvalue weighted by Crippen LogP contribution is -2.43. The Hall–Kier alpha value is -2.87. The van der Waals surface area contributed by atoms with Crippen LogP contribution in [0.1, 0.15) is 50.5 Å². The molecule has 3 N–H and O–H groups in total. The van der Waals surface area contributed by atoms with Crippen LogP contribution >= 0.6 is 0 Å². The van der Waals surface area contributed by atoms with Crippen molar-refractivity contribution in [1.29, 1.82) is 0 Å². The standard InChI is InChI=1S/C23H34N2O6/c1-3-4-5-6-7-11-14-20(22(28)30-2)25-21(27)15-19(26)16-24-23(29)31-17-18-12-9-8-10-13-18/h3,8-10,12-13,19-20,26H,1,4-7,11,14-17H2,2H3,(H,24,29)(H,25,27)/t19-,20-/m0/s1. The van der Waals surface area contributed by atoms with Gasteiger partial charge in [-0.2, -0.15) is 0 Å². The molecule has 2 atom stereocenters. The monoisotopic (exact) mass is 434 g/mol. The summed E-state index contributed by atoms with van der Waals surface area (Å²) in [5, 5.41) is 15.0. The first kappa shape index (κ1) is 26.2. The Morgan fingerprint density at radius 2 is 1.84 bits per heavy atom. The second kappa shape index (κ2) is 15.9. The average molecular weight is 435 g/mol. The van der Waals surface area contributed by atoms with Crippen LogP contribution in [0.15, 0.2) is 43.0 Å². The van der Waals surface area contributed by atoms with E-state index in [-0.39, 0.29) is 19.6 Å². The van der Waals surface area contributed by atoms with E-state index in [1.165, 1.54) is 7.11 Å². The molecule has 0 aliphatic heterocycles. The number of aliphatic hydroxyl groups is 1. The van der Waals surface area contributed by atoms with Crippen LogP contribution in [0.4, 0.5) is 4.79 Å². The van der Waals surface area contributed by atoms with Crippen molar-refractivity contribution in [2.24, 2.45) is 0 Å². The zero-order valence-electron chi connectivity index (χ0n) is 18.2. The zero-order chi connectivity index (χ0) is 22.9. The molecule has 0 aliphatic carbocycles. The van der Waals surface area contributed by atoms with Gasteiger partial charge >= 0.3 is 12.1 Å². The van der Waals surface area contributed by atoms with E-state index in [9.17, 15) is 19.5 Å². The van der Waals surface area contributed by atoms with Gasteiger partial charge in [0.2, 0.25) is 5.91 Å². The van der Waals surface area contributed by atoms with Gasteiger partial charge in [0.1, 0.15) is 12.6 Å². The molecule has 172 valence electrons. The molecular formula is C23H34N2O6. The molecule has 0 fully saturated rings. The molecule has 2 amide bonds. The second-order valence-corrected chi connectivity index (χ2v) is 7.22. The molecule has 1 rings (SSSR count). The highest BCUT2D eigenvalue weighted by atomic mass is 16.5. The van der Waals surface area contributed by atoms with Gasteiger partial charge in [-0.1, -0.05) is 55.7 Å². The number of hydrogen-bond acceptors (Lipinski definition) is 6. The van der Waals surface area contributed by atoms with Crippen molar-refractivity contribution in [1.82, 2.24) is 10.6 Å². The molecule has 31 heavy (non-hydrogen) atoms. The predicted octanol–water partition coefficient (Wildman–Crippen LogP) is 2.85. The maximum Gasteiger partial charge on any atom is 0.407 e. The molecule has 0 bridgehead atoms. The van der Waals surface area contributed by atoms with Gasteiger partial charge in [-0.15, -0.1) is 6.58 Å². The number of allylic oxidation sites excluding steroid dienone is 1. The highest BCUT2D eigenvalue weighted by Gasteiger charge is 2.22. The summed E-state index contributed by atoms with van der Waals surface area (Å²) in [6, 6.07) is 8.43. The lowest BCUT2D eigenvalue weighted by Gasteiger charge is -2.18. The maximum absolute atomic E-state index is 12.2. The van der Waals surface area contributed by atoms with Crippen LogP contribution < -0.4 is 10.6 Å². The van der Waals surface area contributed by atoms with Crippen LogP contribution in [-0.2, 0) is 25.7 Å². The number of esters is 1. The van der Waals surface area contributed by atoms with Gasteiger partial charge < -0.3 is 25.2 Å². The minimum Gasteiger partial charge on any atom is -0.467 e. The Labute approximate surface area is 184 Å². The van der Waals surface area contributed by atoms with Gasteiger partial charge in [-0.25, -0.2) is 9.59 Å². The number of amides is 2. The van der Waals surface area contributed by atoms with Gasteiger partial charge in [0.05, 0.1) is 19.6 Å². The number of carbonyl (C=O) groups excluding carboxylic acids is 3. The first-order valence-electron chi connectivity index (χ1n) is 10.6. The summed E-state index contributed by atoms with van der Waals surface area (Å²) in [5.74, 6) is -1.01. The van der Waals surface area contributed by atoms with Crippen molar-refractivity contribution < 1.29 is 29.0 Å². The Kier molecular flexibility index (Phi) is 13.4. The van der Waals surface area contributed by atoms with Crippen LogP contribution in [-0.4, -0.2) is 48.9 Å². The van der Waals surface area contributed by atoms with Crippen LogP contribution in [0.25, 0.3) is 0 Å². The fourth-order valence-corrected chi connectivity index (χ4v) is 2.90. The molecule has 0 saturated heterocycles. The van der Waals surface area contributed by atoms with Gasteiger partial charge in [0.15, 0.2) is 0 Å². The van der Waals surface area contributed by atoms with E-state index in [0.717, 1.165) is 37.7 Å². The Morgan fingerprint density at radius 1 is 1.13 bits per heavy atom. The Morgan fingerprint density at radius 3 is 2.52 bits per heavy atom. The molecule has 0 unspecified atom stereocenters. The smallest absolute Gasteiger partial charge is 0.407 e. The molecule has 0 aliphatic rings. The summed E-state index contributed by atoms with van der Waals surface area (Å²) in [5.41, 5.74) is 0.840. The third kappa shape index (κ3) is 12.4. The van der Waals surface area contributed by atoms with E-state index >= 15 is 0 Å².